The lowest BCUT2D eigenvalue weighted by Crippen LogP contribution is -2.29. The van der Waals surface area contributed by atoms with Crippen molar-refractivity contribution < 1.29 is 41.4 Å². The van der Waals surface area contributed by atoms with Crippen molar-refractivity contribution in [1.82, 2.24) is 5.32 Å². The number of amides is 2. The topological polar surface area (TPSA) is 114 Å². The van der Waals surface area contributed by atoms with Gasteiger partial charge >= 0.3 is 12.3 Å². The van der Waals surface area contributed by atoms with Gasteiger partial charge in [0.1, 0.15) is 23.1 Å². The maximum Gasteiger partial charge on any atom is 0.416 e. The van der Waals surface area contributed by atoms with Gasteiger partial charge in [-0.3, -0.25) is 4.79 Å². The summed E-state index contributed by atoms with van der Waals surface area (Å²) in [5.41, 5.74) is 4.34. The molecule has 1 aliphatic carbocycles. The number of carbonyl (C=O) groups is 2. The van der Waals surface area contributed by atoms with E-state index < -0.39 is 47.0 Å². The molecule has 7 nitrogen and oxygen atoms in total. The highest BCUT2D eigenvalue weighted by Gasteiger charge is 2.40. The summed E-state index contributed by atoms with van der Waals surface area (Å²) in [4.78, 5) is 24.5. The third kappa shape index (κ3) is 6.68. The highest BCUT2D eigenvalue weighted by atomic mass is 19.4. The Balaban J connectivity index is 1.75. The van der Waals surface area contributed by atoms with Crippen molar-refractivity contribution in [2.24, 2.45) is 5.73 Å². The van der Waals surface area contributed by atoms with Gasteiger partial charge in [-0.1, -0.05) is 0 Å². The summed E-state index contributed by atoms with van der Waals surface area (Å²) in [6, 6.07) is 7.83. The number of rotatable bonds is 9. The Morgan fingerprint density at radius 2 is 1.80 bits per heavy atom. The third-order valence-electron chi connectivity index (χ3n) is 6.46. The van der Waals surface area contributed by atoms with Crippen LogP contribution in [0, 0.1) is 18.6 Å². The number of carbonyl (C=O) groups excluding carboxylic acids is 1. The summed E-state index contributed by atoms with van der Waals surface area (Å²) in [7, 11) is 0. The number of alkyl halides is 3. The van der Waals surface area contributed by atoms with Crippen LogP contribution in [-0.4, -0.2) is 23.7 Å². The molecule has 0 aliphatic heterocycles. The molecule has 0 aromatic heterocycles. The molecule has 0 heterocycles. The van der Waals surface area contributed by atoms with Crippen LogP contribution in [0.15, 0.2) is 48.5 Å². The fraction of sp³-hybridized carbons (Fsp3) is 0.286. The maximum atomic E-state index is 14.6. The standard InChI is InChI=1S/C28H26F5N3O4/c1-14-10-16(29)4-7-24(14)40-25-13-18(15-2-3-15)21(28(31,32)33)12-20(25)26(37)35-17-5-6-22(30)19(11-17)23(8-9-34)36-27(38)39/h4-7,10-13,15,23,36H,2-3,8-9,34H2,1H3,(H,35,37)(H,38,39). The lowest BCUT2D eigenvalue weighted by molar-refractivity contribution is -0.138. The fourth-order valence-electron chi connectivity index (χ4n) is 4.39. The number of anilines is 1. The molecule has 4 rings (SSSR count). The summed E-state index contributed by atoms with van der Waals surface area (Å²) in [6.45, 7) is 1.57. The van der Waals surface area contributed by atoms with Gasteiger partial charge in [0.15, 0.2) is 0 Å². The Hall–Kier alpha value is -4.19. The molecule has 2 amide bonds. The van der Waals surface area contributed by atoms with Crippen molar-refractivity contribution in [3.63, 3.8) is 0 Å². The average molecular weight is 564 g/mol. The van der Waals surface area contributed by atoms with Crippen molar-refractivity contribution in [3.05, 3.63) is 88.0 Å². The number of carboxylic acid groups (broad SMARTS) is 1. The molecule has 0 saturated heterocycles. The number of ether oxygens (including phenoxy) is 1. The van der Waals surface area contributed by atoms with Gasteiger partial charge < -0.3 is 26.2 Å². The van der Waals surface area contributed by atoms with E-state index in [1.54, 1.807) is 6.92 Å². The second-order valence-corrected chi connectivity index (χ2v) is 9.49. The number of hydrogen-bond donors (Lipinski definition) is 4. The smallest absolute Gasteiger partial charge is 0.416 e. The SMILES string of the molecule is Cc1cc(F)ccc1Oc1cc(C2CC2)c(C(F)(F)F)cc1C(=O)Nc1ccc(F)c(C(CCN)NC(=O)O)c1. The van der Waals surface area contributed by atoms with E-state index in [2.05, 4.69) is 10.6 Å². The lowest BCUT2D eigenvalue weighted by Gasteiger charge is -2.20. The molecule has 5 N–H and O–H groups in total. The molecule has 3 aromatic carbocycles. The van der Waals surface area contributed by atoms with E-state index in [9.17, 15) is 31.5 Å². The largest absolute Gasteiger partial charge is 0.465 e. The summed E-state index contributed by atoms with van der Waals surface area (Å²) in [5.74, 6) is -2.66. The van der Waals surface area contributed by atoms with Crippen molar-refractivity contribution in [3.8, 4) is 11.5 Å². The Morgan fingerprint density at radius 1 is 1.07 bits per heavy atom. The minimum atomic E-state index is -4.75. The molecule has 3 aromatic rings. The van der Waals surface area contributed by atoms with E-state index >= 15 is 0 Å². The molecule has 40 heavy (non-hydrogen) atoms. The highest BCUT2D eigenvalue weighted by molar-refractivity contribution is 6.06. The quantitative estimate of drug-likeness (QED) is 0.212. The van der Waals surface area contributed by atoms with Gasteiger partial charge in [0.2, 0.25) is 0 Å². The van der Waals surface area contributed by atoms with E-state index in [1.165, 1.54) is 30.3 Å². The number of aryl methyl sites for hydroxylation is 1. The van der Waals surface area contributed by atoms with Gasteiger partial charge in [-0.25, -0.2) is 13.6 Å². The number of nitrogens with two attached hydrogens (primary N) is 1. The summed E-state index contributed by atoms with van der Waals surface area (Å²) in [6.07, 6.45) is -5.02. The first-order valence-corrected chi connectivity index (χ1v) is 12.4. The molecule has 0 radical (unpaired) electrons. The summed E-state index contributed by atoms with van der Waals surface area (Å²) in [5, 5.41) is 13.7. The highest BCUT2D eigenvalue weighted by Crippen LogP contribution is 2.48. The first kappa shape index (κ1) is 28.8. The van der Waals surface area contributed by atoms with Crippen LogP contribution < -0.4 is 21.1 Å². The number of halogens is 5. The Labute approximate surface area is 226 Å². The average Bonchev–Trinajstić information content (AvgIpc) is 3.71. The van der Waals surface area contributed by atoms with E-state index in [0.717, 1.165) is 12.1 Å². The van der Waals surface area contributed by atoms with Crippen molar-refractivity contribution in [2.45, 2.75) is 44.3 Å². The first-order valence-electron chi connectivity index (χ1n) is 12.4. The van der Waals surface area contributed by atoms with Crippen LogP contribution in [0.5, 0.6) is 11.5 Å². The Kier molecular flexibility index (Phi) is 8.29. The number of hydrogen-bond acceptors (Lipinski definition) is 4. The predicted molar refractivity (Wildman–Crippen MR) is 137 cm³/mol. The number of benzene rings is 3. The zero-order valence-corrected chi connectivity index (χ0v) is 21.2. The molecule has 1 atom stereocenters. The molecule has 1 unspecified atom stereocenters. The van der Waals surface area contributed by atoms with Crippen LogP contribution in [0.2, 0.25) is 0 Å². The zero-order valence-electron chi connectivity index (χ0n) is 21.2. The number of nitrogens with one attached hydrogen (secondary N) is 2. The summed E-state index contributed by atoms with van der Waals surface area (Å²) < 4.78 is 76.1. The lowest BCUT2D eigenvalue weighted by atomic mass is 9.98. The maximum absolute atomic E-state index is 14.6. The van der Waals surface area contributed by atoms with E-state index in [1.807, 2.05) is 0 Å². The second-order valence-electron chi connectivity index (χ2n) is 9.49. The van der Waals surface area contributed by atoms with E-state index in [0.29, 0.717) is 24.5 Å². The third-order valence-corrected chi connectivity index (χ3v) is 6.46. The van der Waals surface area contributed by atoms with Crippen LogP contribution in [0.3, 0.4) is 0 Å². The Bertz CT molecular complexity index is 1440. The molecular weight excluding hydrogens is 537 g/mol. The monoisotopic (exact) mass is 563 g/mol. The van der Waals surface area contributed by atoms with Crippen molar-refractivity contribution in [1.29, 1.82) is 0 Å². The van der Waals surface area contributed by atoms with Gasteiger partial charge in [-0.15, -0.1) is 0 Å². The zero-order chi connectivity index (χ0) is 29.2. The molecule has 1 aliphatic rings. The minimum absolute atomic E-state index is 0.000601. The normalized spacial score (nSPS) is 14.0. The van der Waals surface area contributed by atoms with Crippen LogP contribution in [0.25, 0.3) is 0 Å². The van der Waals surface area contributed by atoms with Crippen LogP contribution >= 0.6 is 0 Å². The first-order chi connectivity index (χ1) is 18.9. The van der Waals surface area contributed by atoms with E-state index in [-0.39, 0.29) is 47.2 Å². The van der Waals surface area contributed by atoms with Crippen LogP contribution in [0.1, 0.15) is 63.8 Å². The van der Waals surface area contributed by atoms with Crippen LogP contribution in [0.4, 0.5) is 32.4 Å². The molecule has 0 bridgehead atoms. The fourth-order valence-corrected chi connectivity index (χ4v) is 4.39. The Morgan fingerprint density at radius 3 is 2.40 bits per heavy atom. The second kappa shape index (κ2) is 11.5. The van der Waals surface area contributed by atoms with Gasteiger partial charge in [-0.2, -0.15) is 13.2 Å². The minimum Gasteiger partial charge on any atom is -0.465 e. The molecule has 212 valence electrons. The molecular formula is C28H26F5N3O4. The molecule has 0 spiro atoms. The van der Waals surface area contributed by atoms with Gasteiger partial charge in [0.05, 0.1) is 17.2 Å². The van der Waals surface area contributed by atoms with Crippen molar-refractivity contribution >= 4 is 17.7 Å². The molecule has 12 heteroatoms. The van der Waals surface area contributed by atoms with Crippen molar-refractivity contribution in [2.75, 3.05) is 11.9 Å². The van der Waals surface area contributed by atoms with Gasteiger partial charge in [0.25, 0.3) is 5.91 Å². The van der Waals surface area contributed by atoms with E-state index in [4.69, 9.17) is 15.6 Å². The molecule has 1 fully saturated rings. The molecule has 1 saturated carbocycles. The predicted octanol–water partition coefficient (Wildman–Crippen LogP) is 6.87. The van der Waals surface area contributed by atoms with Gasteiger partial charge in [-0.05, 0) is 98.3 Å². The van der Waals surface area contributed by atoms with Gasteiger partial charge in [0, 0.05) is 11.3 Å². The summed E-state index contributed by atoms with van der Waals surface area (Å²) >= 11 is 0. The van der Waals surface area contributed by atoms with Crippen LogP contribution in [-0.2, 0) is 6.18 Å².